The Bertz CT molecular complexity index is 752. The zero-order valence-corrected chi connectivity index (χ0v) is 15.9. The van der Waals surface area contributed by atoms with Crippen molar-refractivity contribution in [1.29, 1.82) is 0 Å². The lowest BCUT2D eigenvalue weighted by Crippen LogP contribution is -2.28. The fourth-order valence-electron chi connectivity index (χ4n) is 2.37. The van der Waals surface area contributed by atoms with Gasteiger partial charge in [0.15, 0.2) is 11.5 Å². The highest BCUT2D eigenvalue weighted by atomic mass is 35.5. The van der Waals surface area contributed by atoms with Crippen LogP contribution in [0, 0.1) is 0 Å². The molecule has 2 aromatic rings. The smallest absolute Gasteiger partial charge is 0.319 e. The molecule has 0 saturated heterocycles. The summed E-state index contributed by atoms with van der Waals surface area (Å²) in [5.74, 6) is 1.77. The molecule has 0 unspecified atom stereocenters. The highest BCUT2D eigenvalue weighted by molar-refractivity contribution is 6.31. The molecule has 140 valence electrons. The van der Waals surface area contributed by atoms with E-state index in [1.54, 1.807) is 38.5 Å². The van der Waals surface area contributed by atoms with Crippen LogP contribution in [-0.4, -0.2) is 26.9 Å². The van der Waals surface area contributed by atoms with Gasteiger partial charge in [0.25, 0.3) is 0 Å². The summed E-state index contributed by atoms with van der Waals surface area (Å²) in [4.78, 5) is 12.3. The van der Waals surface area contributed by atoms with E-state index in [1.807, 2.05) is 19.1 Å². The minimum absolute atomic E-state index is 0.276. The van der Waals surface area contributed by atoms with Crippen molar-refractivity contribution >= 4 is 23.3 Å². The Balaban J connectivity index is 2.05. The van der Waals surface area contributed by atoms with Gasteiger partial charge >= 0.3 is 6.03 Å². The number of nitrogens with one attached hydrogen (secondary N) is 2. The molecule has 0 heterocycles. The number of methoxy groups -OCH3 is 2. The predicted octanol–water partition coefficient (Wildman–Crippen LogP) is 4.47. The first kappa shape index (κ1) is 19.7. The lowest BCUT2D eigenvalue weighted by atomic mass is 10.2. The molecule has 2 rings (SSSR count). The zero-order chi connectivity index (χ0) is 18.9. The number of carbonyl (C=O) groups is 1. The van der Waals surface area contributed by atoms with Gasteiger partial charge in [0.2, 0.25) is 0 Å². The quantitative estimate of drug-likeness (QED) is 0.711. The normalized spacial score (nSPS) is 10.2. The van der Waals surface area contributed by atoms with Crippen LogP contribution in [0.3, 0.4) is 0 Å². The maximum atomic E-state index is 12.3. The minimum atomic E-state index is -0.376. The van der Waals surface area contributed by atoms with Gasteiger partial charge in [-0.1, -0.05) is 30.7 Å². The Kier molecular flexibility index (Phi) is 7.41. The second-order valence-electron chi connectivity index (χ2n) is 5.45. The number of amides is 2. The summed E-state index contributed by atoms with van der Waals surface area (Å²) in [7, 11) is 3.13. The fraction of sp³-hybridized carbons (Fsp3) is 0.316. The second kappa shape index (κ2) is 9.77. The third kappa shape index (κ3) is 5.20. The molecule has 26 heavy (non-hydrogen) atoms. The number of rotatable bonds is 8. The van der Waals surface area contributed by atoms with E-state index in [1.165, 1.54) is 0 Å². The van der Waals surface area contributed by atoms with Crippen LogP contribution in [-0.2, 0) is 6.54 Å². The zero-order valence-electron chi connectivity index (χ0n) is 15.1. The molecule has 0 atom stereocenters. The third-order valence-electron chi connectivity index (χ3n) is 3.58. The lowest BCUT2D eigenvalue weighted by molar-refractivity contribution is 0.251. The molecular weight excluding hydrogens is 356 g/mol. The number of halogens is 1. The summed E-state index contributed by atoms with van der Waals surface area (Å²) < 4.78 is 16.3. The van der Waals surface area contributed by atoms with Gasteiger partial charge in [0.1, 0.15) is 5.75 Å². The molecule has 0 fully saturated rings. The van der Waals surface area contributed by atoms with Crippen LogP contribution >= 0.6 is 11.6 Å². The van der Waals surface area contributed by atoms with Crippen LogP contribution < -0.4 is 24.8 Å². The summed E-state index contributed by atoms with van der Waals surface area (Å²) in [5, 5.41) is 6.07. The third-order valence-corrected chi connectivity index (χ3v) is 3.81. The lowest BCUT2D eigenvalue weighted by Gasteiger charge is -2.15. The molecule has 0 aliphatic rings. The summed E-state index contributed by atoms with van der Waals surface area (Å²) >= 11 is 6.02. The van der Waals surface area contributed by atoms with Crippen LogP contribution in [0.2, 0.25) is 5.02 Å². The van der Waals surface area contributed by atoms with Crippen LogP contribution in [0.4, 0.5) is 10.5 Å². The van der Waals surface area contributed by atoms with E-state index in [4.69, 9.17) is 25.8 Å². The van der Waals surface area contributed by atoms with Crippen molar-refractivity contribution in [3.05, 3.63) is 47.0 Å². The number of anilines is 1. The summed E-state index contributed by atoms with van der Waals surface area (Å²) in [6, 6.07) is 10.2. The van der Waals surface area contributed by atoms with Crippen molar-refractivity contribution in [3.8, 4) is 17.2 Å². The van der Waals surface area contributed by atoms with Gasteiger partial charge in [-0.2, -0.15) is 0 Å². The van der Waals surface area contributed by atoms with Gasteiger partial charge in [-0.3, -0.25) is 0 Å². The maximum absolute atomic E-state index is 12.3. The first-order valence-electron chi connectivity index (χ1n) is 8.26. The Morgan fingerprint density at radius 3 is 2.62 bits per heavy atom. The van der Waals surface area contributed by atoms with E-state index in [9.17, 15) is 4.79 Å². The molecule has 2 aromatic carbocycles. The molecule has 0 bridgehead atoms. The monoisotopic (exact) mass is 378 g/mol. The van der Waals surface area contributed by atoms with Gasteiger partial charge in [-0.05, 0) is 30.7 Å². The molecule has 2 amide bonds. The van der Waals surface area contributed by atoms with Gasteiger partial charge in [0.05, 0.1) is 26.5 Å². The van der Waals surface area contributed by atoms with Gasteiger partial charge in [0, 0.05) is 17.1 Å². The highest BCUT2D eigenvalue weighted by Crippen LogP contribution is 2.31. The number of hydrogen-bond donors (Lipinski definition) is 2. The molecule has 7 heteroatoms. The fourth-order valence-corrected chi connectivity index (χ4v) is 2.54. The first-order valence-corrected chi connectivity index (χ1v) is 8.63. The molecule has 2 N–H and O–H groups in total. The molecule has 0 aliphatic heterocycles. The Labute approximate surface area is 158 Å². The van der Waals surface area contributed by atoms with E-state index in [0.717, 1.165) is 12.0 Å². The van der Waals surface area contributed by atoms with E-state index in [2.05, 4.69) is 10.6 Å². The standard InChI is InChI=1S/C19H23ClN2O4/c1-4-10-26-16-9-8-14(20)11-15(16)22-19(23)21-12-13-6-5-7-17(24-2)18(13)25-3/h5-9,11H,4,10,12H2,1-3H3,(H2,21,22,23). The molecule has 0 aliphatic carbocycles. The van der Waals surface area contributed by atoms with Crippen molar-refractivity contribution in [3.63, 3.8) is 0 Å². The molecule has 0 spiro atoms. The summed E-state index contributed by atoms with van der Waals surface area (Å²) in [6.45, 7) is 2.84. The van der Waals surface area contributed by atoms with Crippen molar-refractivity contribution in [2.75, 3.05) is 26.1 Å². The van der Waals surface area contributed by atoms with Gasteiger partial charge < -0.3 is 24.8 Å². The Hall–Kier alpha value is -2.60. The van der Waals surface area contributed by atoms with Crippen LogP contribution in [0.5, 0.6) is 17.2 Å². The van der Waals surface area contributed by atoms with Crippen molar-refractivity contribution in [2.45, 2.75) is 19.9 Å². The average Bonchev–Trinajstić information content (AvgIpc) is 2.65. The Morgan fingerprint density at radius 2 is 1.92 bits per heavy atom. The van der Waals surface area contributed by atoms with Gasteiger partial charge in [-0.25, -0.2) is 4.79 Å². The topological polar surface area (TPSA) is 68.8 Å². The number of benzene rings is 2. The molecular formula is C19H23ClN2O4. The number of ether oxygens (including phenoxy) is 3. The number of hydrogen-bond acceptors (Lipinski definition) is 4. The number of para-hydroxylation sites is 1. The van der Waals surface area contributed by atoms with Crippen molar-refractivity contribution < 1.29 is 19.0 Å². The number of carbonyl (C=O) groups excluding carboxylic acids is 1. The summed E-state index contributed by atoms with van der Waals surface area (Å²) in [5.41, 5.74) is 1.32. The van der Waals surface area contributed by atoms with Crippen LogP contribution in [0.1, 0.15) is 18.9 Å². The van der Waals surface area contributed by atoms with Crippen LogP contribution in [0.15, 0.2) is 36.4 Å². The SMILES string of the molecule is CCCOc1ccc(Cl)cc1NC(=O)NCc1cccc(OC)c1OC. The van der Waals surface area contributed by atoms with E-state index < -0.39 is 0 Å². The Morgan fingerprint density at radius 1 is 1.12 bits per heavy atom. The predicted molar refractivity (Wildman–Crippen MR) is 103 cm³/mol. The van der Waals surface area contributed by atoms with E-state index >= 15 is 0 Å². The van der Waals surface area contributed by atoms with Crippen molar-refractivity contribution in [1.82, 2.24) is 5.32 Å². The average molecular weight is 379 g/mol. The van der Waals surface area contributed by atoms with Crippen LogP contribution in [0.25, 0.3) is 0 Å². The molecule has 0 saturated carbocycles. The van der Waals surface area contributed by atoms with Gasteiger partial charge in [-0.15, -0.1) is 0 Å². The highest BCUT2D eigenvalue weighted by Gasteiger charge is 2.12. The molecule has 0 radical (unpaired) electrons. The van der Waals surface area contributed by atoms with E-state index in [-0.39, 0.29) is 12.6 Å². The number of urea groups is 1. The maximum Gasteiger partial charge on any atom is 0.319 e. The van der Waals surface area contributed by atoms with Crippen molar-refractivity contribution in [2.24, 2.45) is 0 Å². The second-order valence-corrected chi connectivity index (χ2v) is 5.89. The van der Waals surface area contributed by atoms with E-state index in [0.29, 0.717) is 34.6 Å². The molecule has 6 nitrogen and oxygen atoms in total. The molecule has 0 aromatic heterocycles. The summed E-state index contributed by atoms with van der Waals surface area (Å²) in [6.07, 6.45) is 0.865. The largest absolute Gasteiger partial charge is 0.493 e. The first-order chi connectivity index (χ1) is 12.6. The minimum Gasteiger partial charge on any atom is -0.493 e.